The molecule has 0 amide bonds. The Morgan fingerprint density at radius 1 is 1.25 bits per heavy atom. The second-order valence-electron chi connectivity index (χ2n) is 5.46. The molecule has 0 heterocycles. The van der Waals surface area contributed by atoms with Crippen LogP contribution in [0.5, 0.6) is 0 Å². The zero-order valence-electron chi connectivity index (χ0n) is 12.2. The molecule has 1 unspecified atom stereocenters. The third-order valence-electron chi connectivity index (χ3n) is 3.05. The van der Waals surface area contributed by atoms with Crippen molar-refractivity contribution in [1.29, 1.82) is 0 Å². The van der Waals surface area contributed by atoms with Gasteiger partial charge in [0.15, 0.2) is 0 Å². The predicted octanol–water partition coefficient (Wildman–Crippen LogP) is 2.39. The summed E-state index contributed by atoms with van der Waals surface area (Å²) >= 11 is 0. The smallest absolute Gasteiger partial charge is 0.243 e. The Labute approximate surface area is 120 Å². The highest BCUT2D eigenvalue weighted by atomic mass is 32.2. The molecule has 4 nitrogen and oxygen atoms in total. The fourth-order valence-corrected chi connectivity index (χ4v) is 3.26. The highest BCUT2D eigenvalue weighted by Gasteiger charge is 2.21. The minimum Gasteiger partial charge on any atom is -0.326 e. The van der Waals surface area contributed by atoms with Crippen LogP contribution < -0.4 is 10.5 Å². The molecule has 0 aliphatic carbocycles. The lowest BCUT2D eigenvalue weighted by atomic mass is 10.1. The van der Waals surface area contributed by atoms with Crippen molar-refractivity contribution in [3.05, 3.63) is 29.6 Å². The van der Waals surface area contributed by atoms with E-state index in [0.717, 1.165) is 18.9 Å². The summed E-state index contributed by atoms with van der Waals surface area (Å²) in [6.07, 6.45) is 1.63. The van der Waals surface area contributed by atoms with Crippen LogP contribution in [0.3, 0.4) is 0 Å². The Balaban J connectivity index is 2.88. The molecule has 0 aliphatic rings. The first kappa shape index (κ1) is 17.1. The summed E-state index contributed by atoms with van der Waals surface area (Å²) in [5.74, 6) is -0.259. The normalized spacial score (nSPS) is 13.7. The van der Waals surface area contributed by atoms with E-state index in [9.17, 15) is 12.8 Å². The van der Waals surface area contributed by atoms with E-state index in [0.29, 0.717) is 11.5 Å². The third kappa shape index (κ3) is 4.85. The molecule has 0 aliphatic heterocycles. The van der Waals surface area contributed by atoms with Gasteiger partial charge in [-0.05, 0) is 43.4 Å². The van der Waals surface area contributed by atoms with Crippen molar-refractivity contribution in [3.63, 3.8) is 0 Å². The minimum absolute atomic E-state index is 0.172. The van der Waals surface area contributed by atoms with Crippen LogP contribution in [0, 0.1) is 11.7 Å². The molecule has 1 aromatic rings. The van der Waals surface area contributed by atoms with E-state index in [4.69, 9.17) is 5.73 Å². The van der Waals surface area contributed by atoms with Gasteiger partial charge in [0, 0.05) is 12.6 Å². The van der Waals surface area contributed by atoms with E-state index < -0.39 is 15.8 Å². The lowest BCUT2D eigenvalue weighted by Crippen LogP contribution is -2.33. The van der Waals surface area contributed by atoms with E-state index >= 15 is 0 Å². The maximum atomic E-state index is 13.7. The van der Waals surface area contributed by atoms with Crippen LogP contribution >= 0.6 is 0 Å². The van der Waals surface area contributed by atoms with Crippen molar-refractivity contribution >= 4 is 10.0 Å². The van der Waals surface area contributed by atoms with E-state index in [1.54, 1.807) is 6.92 Å². The molecule has 0 aromatic heterocycles. The second-order valence-corrected chi connectivity index (χ2v) is 7.14. The zero-order valence-corrected chi connectivity index (χ0v) is 13.0. The fourth-order valence-electron chi connectivity index (χ4n) is 1.85. The topological polar surface area (TPSA) is 72.2 Å². The molecule has 3 N–H and O–H groups in total. The van der Waals surface area contributed by atoms with Crippen molar-refractivity contribution in [3.8, 4) is 0 Å². The van der Waals surface area contributed by atoms with Crippen molar-refractivity contribution < 1.29 is 12.8 Å². The van der Waals surface area contributed by atoms with E-state index in [1.807, 2.05) is 0 Å². The number of nitrogens with two attached hydrogens (primary N) is 1. The first-order valence-corrected chi connectivity index (χ1v) is 8.25. The fraction of sp³-hybridized carbons (Fsp3) is 0.571. The molecular formula is C14H23FN2O2S. The van der Waals surface area contributed by atoms with Crippen molar-refractivity contribution in [2.24, 2.45) is 11.7 Å². The van der Waals surface area contributed by atoms with Crippen molar-refractivity contribution in [2.45, 2.75) is 51.1 Å². The van der Waals surface area contributed by atoms with Crippen molar-refractivity contribution in [1.82, 2.24) is 4.72 Å². The summed E-state index contributed by atoms with van der Waals surface area (Å²) in [4.78, 5) is -0.336. The van der Waals surface area contributed by atoms with Crippen LogP contribution in [-0.2, 0) is 16.6 Å². The largest absolute Gasteiger partial charge is 0.326 e. The molecule has 20 heavy (non-hydrogen) atoms. The molecular weight excluding hydrogens is 279 g/mol. The maximum Gasteiger partial charge on any atom is 0.243 e. The van der Waals surface area contributed by atoms with E-state index in [1.165, 1.54) is 12.1 Å². The van der Waals surface area contributed by atoms with Crippen LogP contribution in [0.25, 0.3) is 0 Å². The number of rotatable bonds is 7. The molecule has 0 saturated carbocycles. The summed E-state index contributed by atoms with van der Waals surface area (Å²) in [6, 6.07) is 3.67. The molecule has 0 spiro atoms. The van der Waals surface area contributed by atoms with Gasteiger partial charge < -0.3 is 5.73 Å². The Morgan fingerprint density at radius 2 is 1.90 bits per heavy atom. The summed E-state index contributed by atoms with van der Waals surface area (Å²) in [6.45, 7) is 6.10. The van der Waals surface area contributed by atoms with Gasteiger partial charge in [0.25, 0.3) is 0 Å². The van der Waals surface area contributed by atoms with Gasteiger partial charge in [-0.1, -0.05) is 19.9 Å². The SMILES string of the molecule is CC(C)CCC(C)NS(=O)(=O)c1cc(CN)ccc1F. The standard InChI is InChI=1S/C14H23FN2O2S/c1-10(2)4-5-11(3)17-20(18,19)14-8-12(9-16)6-7-13(14)15/h6-8,10-11,17H,4-5,9,16H2,1-3H3. The van der Waals surface area contributed by atoms with E-state index in [-0.39, 0.29) is 17.5 Å². The summed E-state index contributed by atoms with van der Waals surface area (Å²) in [5, 5.41) is 0. The monoisotopic (exact) mass is 302 g/mol. The van der Waals surface area contributed by atoms with Crippen LogP contribution in [0.1, 0.15) is 39.2 Å². The molecule has 6 heteroatoms. The molecule has 1 aromatic carbocycles. The number of hydrogen-bond acceptors (Lipinski definition) is 3. The zero-order chi connectivity index (χ0) is 15.3. The Bertz CT molecular complexity index is 544. The average molecular weight is 302 g/mol. The van der Waals surface area contributed by atoms with Gasteiger partial charge in [0.2, 0.25) is 10.0 Å². The number of hydrogen-bond donors (Lipinski definition) is 2. The number of halogens is 1. The van der Waals surface area contributed by atoms with Gasteiger partial charge in [-0.15, -0.1) is 0 Å². The van der Waals surface area contributed by atoms with Crippen LogP contribution in [-0.4, -0.2) is 14.5 Å². The number of sulfonamides is 1. The summed E-state index contributed by atoms with van der Waals surface area (Å²) < 4.78 is 40.6. The molecule has 114 valence electrons. The Morgan fingerprint density at radius 3 is 2.45 bits per heavy atom. The summed E-state index contributed by atoms with van der Waals surface area (Å²) in [5.41, 5.74) is 6.04. The predicted molar refractivity (Wildman–Crippen MR) is 78.1 cm³/mol. The van der Waals surface area contributed by atoms with Crippen molar-refractivity contribution in [2.75, 3.05) is 0 Å². The Kier molecular flexibility index (Phi) is 6.10. The Hall–Kier alpha value is -0.980. The maximum absolute atomic E-state index is 13.7. The first-order valence-electron chi connectivity index (χ1n) is 6.77. The second kappa shape index (κ2) is 7.15. The van der Waals surface area contributed by atoms with Gasteiger partial charge in [-0.2, -0.15) is 0 Å². The highest BCUT2D eigenvalue weighted by molar-refractivity contribution is 7.89. The third-order valence-corrected chi connectivity index (χ3v) is 4.66. The molecule has 0 radical (unpaired) electrons. The lowest BCUT2D eigenvalue weighted by molar-refractivity contribution is 0.483. The highest BCUT2D eigenvalue weighted by Crippen LogP contribution is 2.17. The van der Waals surface area contributed by atoms with Crippen LogP contribution in [0.2, 0.25) is 0 Å². The molecule has 1 rings (SSSR count). The molecule has 0 bridgehead atoms. The molecule has 0 saturated heterocycles. The minimum atomic E-state index is -3.85. The summed E-state index contributed by atoms with van der Waals surface area (Å²) in [7, 11) is -3.85. The van der Waals surface area contributed by atoms with Gasteiger partial charge in [-0.3, -0.25) is 0 Å². The van der Waals surface area contributed by atoms with Gasteiger partial charge in [-0.25, -0.2) is 17.5 Å². The van der Waals surface area contributed by atoms with Crippen LogP contribution in [0.15, 0.2) is 23.1 Å². The first-order chi connectivity index (χ1) is 9.26. The van der Waals surface area contributed by atoms with E-state index in [2.05, 4.69) is 18.6 Å². The van der Waals surface area contributed by atoms with Crippen LogP contribution in [0.4, 0.5) is 4.39 Å². The molecule has 0 fully saturated rings. The van der Waals surface area contributed by atoms with Gasteiger partial charge >= 0.3 is 0 Å². The average Bonchev–Trinajstić information content (AvgIpc) is 2.36. The lowest BCUT2D eigenvalue weighted by Gasteiger charge is -2.16. The quantitative estimate of drug-likeness (QED) is 0.812. The number of benzene rings is 1. The van der Waals surface area contributed by atoms with Gasteiger partial charge in [0.1, 0.15) is 10.7 Å². The number of nitrogens with one attached hydrogen (secondary N) is 1. The molecule has 1 atom stereocenters. The van der Waals surface area contributed by atoms with Gasteiger partial charge in [0.05, 0.1) is 0 Å².